The van der Waals surface area contributed by atoms with Gasteiger partial charge in [-0.25, -0.2) is 9.78 Å². The molecule has 0 unspecified atom stereocenters. The molecule has 0 aliphatic carbocycles. The van der Waals surface area contributed by atoms with E-state index in [1.54, 1.807) is 42.6 Å². The second kappa shape index (κ2) is 13.3. The highest BCUT2D eigenvalue weighted by Gasteiger charge is 2.27. The van der Waals surface area contributed by atoms with Crippen molar-refractivity contribution in [2.45, 2.75) is 26.4 Å². The monoisotopic (exact) mass is 686 g/mol. The highest BCUT2D eigenvalue weighted by atomic mass is 32.1. The number of aromatic nitrogens is 2. The third kappa shape index (κ3) is 6.08. The maximum absolute atomic E-state index is 14.5. The summed E-state index contributed by atoms with van der Waals surface area (Å²) in [6.45, 7) is 2.62. The molecule has 3 aromatic heterocycles. The molecule has 50 heavy (non-hydrogen) atoms. The quantitative estimate of drug-likeness (QED) is 0.100. The summed E-state index contributed by atoms with van der Waals surface area (Å²) in [6, 6.07) is 18.9. The van der Waals surface area contributed by atoms with Crippen molar-refractivity contribution in [1.29, 1.82) is 0 Å². The molecule has 0 saturated carbocycles. The number of hydrogen-bond acceptors (Lipinski definition) is 7. The van der Waals surface area contributed by atoms with Crippen molar-refractivity contribution in [3.05, 3.63) is 112 Å². The number of carbonyl (C=O) groups is 4. The highest BCUT2D eigenvalue weighted by Crippen LogP contribution is 2.44. The Bertz CT molecular complexity index is 2340. The first-order valence-corrected chi connectivity index (χ1v) is 16.8. The van der Waals surface area contributed by atoms with Crippen LogP contribution in [0, 0.1) is 0 Å². The number of nitrogens with one attached hydrogen (secondary N) is 3. The molecule has 250 valence electrons. The Kier molecular flexibility index (Phi) is 8.60. The van der Waals surface area contributed by atoms with Crippen molar-refractivity contribution in [1.82, 2.24) is 15.3 Å². The van der Waals surface area contributed by atoms with Crippen molar-refractivity contribution in [3.63, 3.8) is 0 Å². The number of carboxylic acid groups (broad SMARTS) is 2. The van der Waals surface area contributed by atoms with E-state index in [2.05, 4.69) is 20.6 Å². The molecule has 1 aliphatic rings. The van der Waals surface area contributed by atoms with E-state index >= 15 is 0 Å². The van der Waals surface area contributed by atoms with Gasteiger partial charge in [0, 0.05) is 68.3 Å². The van der Waals surface area contributed by atoms with Gasteiger partial charge in [-0.15, -0.1) is 0 Å². The molecule has 4 heterocycles. The molecule has 0 spiro atoms. The van der Waals surface area contributed by atoms with Crippen LogP contribution in [0.4, 0.5) is 5.69 Å². The number of aromatic carboxylic acids is 1. The van der Waals surface area contributed by atoms with Crippen LogP contribution in [0.1, 0.15) is 55.8 Å². The van der Waals surface area contributed by atoms with Crippen molar-refractivity contribution < 1.29 is 34.1 Å². The number of amides is 2. The Hall–Kier alpha value is -6.27. The zero-order chi connectivity index (χ0) is 34.9. The van der Waals surface area contributed by atoms with Gasteiger partial charge in [0.2, 0.25) is 0 Å². The minimum atomic E-state index is -1.36. The number of carbonyl (C=O) groups excluding carboxylic acids is 2. The number of anilines is 1. The van der Waals surface area contributed by atoms with Gasteiger partial charge in [-0.3, -0.25) is 14.4 Å². The van der Waals surface area contributed by atoms with E-state index in [0.717, 1.165) is 22.0 Å². The van der Waals surface area contributed by atoms with E-state index in [-0.39, 0.29) is 34.5 Å². The molecule has 0 bridgehead atoms. The molecule has 12 heteroatoms. The fourth-order valence-electron chi connectivity index (χ4n) is 6.19. The second-order valence-corrected chi connectivity index (χ2v) is 12.5. The van der Waals surface area contributed by atoms with E-state index < -0.39 is 23.8 Å². The molecule has 6 aromatic rings. The summed E-state index contributed by atoms with van der Waals surface area (Å²) >= 11 is 1.51. The fraction of sp³-hybridized carbons (Fsp3) is 0.132. The normalized spacial score (nSPS) is 11.7. The number of nitrogens with zero attached hydrogens (tertiary/aromatic N) is 1. The van der Waals surface area contributed by atoms with Gasteiger partial charge in [-0.1, -0.05) is 31.2 Å². The van der Waals surface area contributed by atoms with Crippen LogP contribution in [0.25, 0.3) is 44.3 Å². The van der Waals surface area contributed by atoms with Crippen LogP contribution < -0.4 is 15.4 Å². The average Bonchev–Trinajstić information content (AvgIpc) is 3.80. The van der Waals surface area contributed by atoms with Gasteiger partial charge in [-0.2, -0.15) is 11.3 Å². The number of aromatic amines is 1. The summed E-state index contributed by atoms with van der Waals surface area (Å²) in [4.78, 5) is 58.7. The van der Waals surface area contributed by atoms with Crippen LogP contribution in [-0.2, 0) is 17.8 Å². The van der Waals surface area contributed by atoms with E-state index in [9.17, 15) is 29.4 Å². The number of rotatable bonds is 10. The minimum Gasteiger partial charge on any atom is -0.488 e. The number of hydrogen-bond donors (Lipinski definition) is 5. The van der Waals surface area contributed by atoms with Crippen LogP contribution in [0.2, 0.25) is 0 Å². The number of H-pyrrole nitrogens is 1. The molecular formula is C38H30N4O7S. The van der Waals surface area contributed by atoms with Crippen molar-refractivity contribution in [2.24, 2.45) is 0 Å². The Labute approximate surface area is 289 Å². The summed E-state index contributed by atoms with van der Waals surface area (Å²) in [6.07, 6.45) is 2.32. The maximum atomic E-state index is 14.5. The molecule has 1 aliphatic heterocycles. The van der Waals surface area contributed by atoms with Crippen LogP contribution in [-0.4, -0.2) is 50.5 Å². The van der Waals surface area contributed by atoms with E-state index in [1.807, 2.05) is 35.9 Å². The van der Waals surface area contributed by atoms with Crippen molar-refractivity contribution in [2.75, 3.05) is 11.9 Å². The lowest BCUT2D eigenvalue weighted by molar-refractivity contribution is -0.136. The van der Waals surface area contributed by atoms with Crippen LogP contribution in [0.3, 0.4) is 0 Å². The van der Waals surface area contributed by atoms with Crippen LogP contribution in [0.15, 0.2) is 83.7 Å². The standard InChI is InChI=1S/C38H30N4O7S/c1-2-11-40-37(46)31-7-6-23(35(41-31)38(47)48)25-16-32-26(28-19-50-18-22(28)17-49-32)15-27(25)36(45)42-30-9-8-29-24(10-12-39-29)34(30)21-5-3-4-20(13-21)14-33(43)44/h3-10,12-13,15-16,18-19,39H,2,11,14,17H2,1H3,(H,40,46)(H,42,45)(H,43,44)(H,47,48). The maximum Gasteiger partial charge on any atom is 0.355 e. The SMILES string of the molecule is CCCNC(=O)c1ccc(-c2cc3c(cc2C(=O)Nc2ccc4[nH]ccc4c2-c2cccc(CC(=O)O)c2)-c2cscc2CO3)c(C(=O)O)n1. The van der Waals surface area contributed by atoms with E-state index in [0.29, 0.717) is 53.3 Å². The fourth-order valence-corrected chi connectivity index (χ4v) is 7.03. The number of benzene rings is 3. The number of ether oxygens (including phenoxy) is 1. The Morgan fingerprint density at radius 2 is 1.78 bits per heavy atom. The van der Waals surface area contributed by atoms with Crippen molar-refractivity contribution >= 4 is 51.7 Å². The van der Waals surface area contributed by atoms with E-state index in [1.165, 1.54) is 23.5 Å². The zero-order valence-corrected chi connectivity index (χ0v) is 27.5. The topological polar surface area (TPSA) is 171 Å². The number of pyridine rings is 1. The summed E-state index contributed by atoms with van der Waals surface area (Å²) < 4.78 is 6.08. The largest absolute Gasteiger partial charge is 0.488 e. The molecule has 2 amide bonds. The third-order valence-electron chi connectivity index (χ3n) is 8.49. The third-order valence-corrected chi connectivity index (χ3v) is 9.28. The Balaban J connectivity index is 1.37. The summed E-state index contributed by atoms with van der Waals surface area (Å²) in [5.41, 5.74) is 5.97. The molecule has 7 rings (SSSR count). The predicted molar refractivity (Wildman–Crippen MR) is 190 cm³/mol. The second-order valence-electron chi connectivity index (χ2n) is 11.8. The lowest BCUT2D eigenvalue weighted by Crippen LogP contribution is -2.25. The first-order chi connectivity index (χ1) is 24.2. The predicted octanol–water partition coefficient (Wildman–Crippen LogP) is 7.24. The molecule has 0 saturated heterocycles. The molecule has 0 radical (unpaired) electrons. The van der Waals surface area contributed by atoms with Crippen molar-refractivity contribution in [3.8, 4) is 39.1 Å². The Morgan fingerprint density at radius 3 is 2.58 bits per heavy atom. The lowest BCUT2D eigenvalue weighted by Gasteiger charge is -2.22. The lowest BCUT2D eigenvalue weighted by atomic mass is 9.91. The van der Waals surface area contributed by atoms with E-state index in [4.69, 9.17) is 4.74 Å². The molecule has 3 aromatic carbocycles. The summed E-state index contributed by atoms with van der Waals surface area (Å²) in [5, 5.41) is 30.2. The number of fused-ring (bicyclic) bond motifs is 4. The van der Waals surface area contributed by atoms with Crippen LogP contribution in [0.5, 0.6) is 5.75 Å². The highest BCUT2D eigenvalue weighted by molar-refractivity contribution is 7.08. The van der Waals surface area contributed by atoms with Gasteiger partial charge < -0.3 is 30.6 Å². The van der Waals surface area contributed by atoms with Gasteiger partial charge in [0.25, 0.3) is 11.8 Å². The molecule has 11 nitrogen and oxygen atoms in total. The molecule has 0 fully saturated rings. The number of carboxylic acids is 2. The number of thiophene rings is 1. The number of aliphatic carboxylic acids is 1. The van der Waals surface area contributed by atoms with Gasteiger partial charge in [0.05, 0.1) is 6.42 Å². The molecule has 5 N–H and O–H groups in total. The van der Waals surface area contributed by atoms with Gasteiger partial charge in [-0.05, 0) is 70.8 Å². The summed E-state index contributed by atoms with van der Waals surface area (Å²) in [5.74, 6) is -2.87. The summed E-state index contributed by atoms with van der Waals surface area (Å²) in [7, 11) is 0. The minimum absolute atomic E-state index is 0.0581. The Morgan fingerprint density at radius 1 is 0.920 bits per heavy atom. The smallest absolute Gasteiger partial charge is 0.355 e. The molecule has 0 atom stereocenters. The average molecular weight is 687 g/mol. The van der Waals surface area contributed by atoms with Gasteiger partial charge >= 0.3 is 11.9 Å². The van der Waals surface area contributed by atoms with Gasteiger partial charge in [0.1, 0.15) is 18.1 Å². The van der Waals surface area contributed by atoms with Crippen LogP contribution >= 0.6 is 11.3 Å². The first kappa shape index (κ1) is 32.3. The zero-order valence-electron chi connectivity index (χ0n) is 26.7. The first-order valence-electron chi connectivity index (χ1n) is 15.8. The molecular weight excluding hydrogens is 657 g/mol. The van der Waals surface area contributed by atoms with Gasteiger partial charge in [0.15, 0.2) is 5.69 Å².